The fourth-order valence-corrected chi connectivity index (χ4v) is 2.83. The third kappa shape index (κ3) is 3.47. The lowest BCUT2D eigenvalue weighted by Crippen LogP contribution is -2.29. The minimum absolute atomic E-state index is 0.234. The van der Waals surface area contributed by atoms with Gasteiger partial charge in [-0.1, -0.05) is 18.2 Å². The van der Waals surface area contributed by atoms with Crippen LogP contribution in [0.25, 0.3) is 0 Å². The summed E-state index contributed by atoms with van der Waals surface area (Å²) in [5.41, 5.74) is 5.01. The van der Waals surface area contributed by atoms with Crippen LogP contribution in [0.4, 0.5) is 4.39 Å². The molecule has 1 atom stereocenters. The minimum atomic E-state index is -3.24. The fraction of sp³-hybridized carbons (Fsp3) is 0.200. The molecule has 0 heterocycles. The van der Waals surface area contributed by atoms with Gasteiger partial charge in [-0.05, 0) is 47.9 Å². The van der Waals surface area contributed by atoms with E-state index in [1.807, 2.05) is 6.92 Å². The summed E-state index contributed by atoms with van der Waals surface area (Å²) in [6.07, 6.45) is 1.15. The third-order valence-corrected chi connectivity index (χ3v) is 4.49. The Kier molecular flexibility index (Phi) is 4.41. The van der Waals surface area contributed by atoms with Crippen LogP contribution in [0.3, 0.4) is 0 Å². The number of benzene rings is 2. The van der Waals surface area contributed by atoms with E-state index in [1.165, 1.54) is 24.3 Å². The van der Waals surface area contributed by atoms with Crippen molar-refractivity contribution in [2.45, 2.75) is 17.9 Å². The minimum Gasteiger partial charge on any atom is -0.271 e. The van der Waals surface area contributed by atoms with E-state index in [0.717, 1.165) is 17.4 Å². The Balaban J connectivity index is 2.44. The maximum absolute atomic E-state index is 13.4. The summed E-state index contributed by atoms with van der Waals surface area (Å²) in [6.45, 7) is 1.87. The summed E-state index contributed by atoms with van der Waals surface area (Å²) < 4.78 is 36.4. The van der Waals surface area contributed by atoms with Crippen LogP contribution in [-0.4, -0.2) is 14.7 Å². The SMILES string of the molecule is Cc1ccc(F)cc1C(NN)c1ccc(S(C)(=O)=O)cc1. The Morgan fingerprint density at radius 2 is 1.76 bits per heavy atom. The summed E-state index contributed by atoms with van der Waals surface area (Å²) in [6, 6.07) is 10.5. The zero-order chi connectivity index (χ0) is 15.6. The highest BCUT2D eigenvalue weighted by molar-refractivity contribution is 7.90. The van der Waals surface area contributed by atoms with Gasteiger partial charge in [-0.3, -0.25) is 5.84 Å². The summed E-state index contributed by atoms with van der Waals surface area (Å²) in [4.78, 5) is 0.234. The Morgan fingerprint density at radius 1 is 1.14 bits per heavy atom. The Hall–Kier alpha value is -1.76. The first kappa shape index (κ1) is 15.6. The number of rotatable bonds is 4. The lowest BCUT2D eigenvalue weighted by Gasteiger charge is -2.19. The highest BCUT2D eigenvalue weighted by Gasteiger charge is 2.16. The Morgan fingerprint density at radius 3 is 2.29 bits per heavy atom. The fourth-order valence-electron chi connectivity index (χ4n) is 2.20. The van der Waals surface area contributed by atoms with E-state index in [2.05, 4.69) is 5.43 Å². The van der Waals surface area contributed by atoms with Crippen molar-refractivity contribution in [3.63, 3.8) is 0 Å². The molecule has 21 heavy (non-hydrogen) atoms. The lowest BCUT2D eigenvalue weighted by molar-refractivity contribution is 0.600. The summed E-state index contributed by atoms with van der Waals surface area (Å²) in [5, 5.41) is 0. The van der Waals surface area contributed by atoms with Crippen molar-refractivity contribution in [1.29, 1.82) is 0 Å². The van der Waals surface area contributed by atoms with Gasteiger partial charge in [0.2, 0.25) is 0 Å². The normalized spacial score (nSPS) is 13.1. The van der Waals surface area contributed by atoms with E-state index < -0.39 is 15.9 Å². The maximum Gasteiger partial charge on any atom is 0.175 e. The molecule has 0 saturated heterocycles. The molecule has 0 fully saturated rings. The van der Waals surface area contributed by atoms with Crippen molar-refractivity contribution in [1.82, 2.24) is 5.43 Å². The molecule has 3 N–H and O–H groups in total. The number of sulfone groups is 1. The van der Waals surface area contributed by atoms with Gasteiger partial charge in [-0.15, -0.1) is 0 Å². The largest absolute Gasteiger partial charge is 0.271 e. The van der Waals surface area contributed by atoms with E-state index in [1.54, 1.807) is 18.2 Å². The van der Waals surface area contributed by atoms with Crippen LogP contribution in [0.1, 0.15) is 22.7 Å². The van der Waals surface area contributed by atoms with E-state index in [4.69, 9.17) is 5.84 Å². The number of hydrazine groups is 1. The summed E-state index contributed by atoms with van der Waals surface area (Å²) in [5.74, 6) is 5.25. The first-order valence-electron chi connectivity index (χ1n) is 6.35. The second-order valence-electron chi connectivity index (χ2n) is 4.94. The molecule has 1 unspecified atom stereocenters. The highest BCUT2D eigenvalue weighted by atomic mass is 32.2. The molecule has 6 heteroatoms. The highest BCUT2D eigenvalue weighted by Crippen LogP contribution is 2.26. The smallest absolute Gasteiger partial charge is 0.175 e. The molecule has 2 aromatic rings. The average Bonchev–Trinajstić information content (AvgIpc) is 2.43. The van der Waals surface area contributed by atoms with Crippen LogP contribution < -0.4 is 11.3 Å². The number of aryl methyl sites for hydroxylation is 1. The standard InChI is InChI=1S/C15H17FN2O2S/c1-10-3-6-12(16)9-14(10)15(18-17)11-4-7-13(8-5-11)21(2,19)20/h3-9,15,18H,17H2,1-2H3. The molecule has 0 aliphatic heterocycles. The van der Waals surface area contributed by atoms with Gasteiger partial charge < -0.3 is 0 Å². The molecule has 0 amide bonds. The molecule has 4 nitrogen and oxygen atoms in total. The number of hydrogen-bond acceptors (Lipinski definition) is 4. The van der Waals surface area contributed by atoms with Gasteiger partial charge >= 0.3 is 0 Å². The van der Waals surface area contributed by atoms with Crippen LogP contribution in [0, 0.1) is 12.7 Å². The summed E-state index contributed by atoms with van der Waals surface area (Å²) in [7, 11) is -3.24. The van der Waals surface area contributed by atoms with E-state index in [-0.39, 0.29) is 10.7 Å². The van der Waals surface area contributed by atoms with Crippen LogP contribution in [0.5, 0.6) is 0 Å². The first-order chi connectivity index (χ1) is 9.82. The Labute approximate surface area is 123 Å². The molecule has 0 aliphatic carbocycles. The third-order valence-electron chi connectivity index (χ3n) is 3.36. The van der Waals surface area contributed by atoms with Crippen molar-refractivity contribution in [3.05, 3.63) is 65.0 Å². The molecule has 0 bridgehead atoms. The van der Waals surface area contributed by atoms with Gasteiger partial charge in [-0.2, -0.15) is 0 Å². The predicted octanol–water partition coefficient (Wildman–Crippen LogP) is 2.09. The van der Waals surface area contributed by atoms with Crippen LogP contribution >= 0.6 is 0 Å². The lowest BCUT2D eigenvalue weighted by atomic mass is 9.95. The molecule has 2 rings (SSSR count). The molecular weight excluding hydrogens is 291 g/mol. The molecule has 0 aromatic heterocycles. The van der Waals surface area contributed by atoms with Crippen LogP contribution in [-0.2, 0) is 9.84 Å². The van der Waals surface area contributed by atoms with Gasteiger partial charge in [0, 0.05) is 6.26 Å². The zero-order valence-corrected chi connectivity index (χ0v) is 12.6. The first-order valence-corrected chi connectivity index (χ1v) is 8.24. The number of hydrogen-bond donors (Lipinski definition) is 2. The maximum atomic E-state index is 13.4. The number of halogens is 1. The number of nitrogens with two attached hydrogens (primary N) is 1. The van der Waals surface area contributed by atoms with Crippen LogP contribution in [0.15, 0.2) is 47.4 Å². The average molecular weight is 308 g/mol. The molecule has 112 valence electrons. The van der Waals surface area contributed by atoms with E-state index >= 15 is 0 Å². The second-order valence-corrected chi connectivity index (χ2v) is 6.96. The topological polar surface area (TPSA) is 72.2 Å². The second kappa shape index (κ2) is 5.93. The van der Waals surface area contributed by atoms with Gasteiger partial charge in [0.05, 0.1) is 10.9 Å². The van der Waals surface area contributed by atoms with Crippen molar-refractivity contribution in [3.8, 4) is 0 Å². The van der Waals surface area contributed by atoms with Crippen molar-refractivity contribution < 1.29 is 12.8 Å². The summed E-state index contributed by atoms with van der Waals surface area (Å²) >= 11 is 0. The van der Waals surface area contributed by atoms with Gasteiger partial charge in [0.1, 0.15) is 5.82 Å². The quantitative estimate of drug-likeness (QED) is 0.670. The molecule has 0 aliphatic rings. The van der Waals surface area contributed by atoms with Crippen LogP contribution in [0.2, 0.25) is 0 Å². The molecule has 0 spiro atoms. The van der Waals surface area contributed by atoms with Crippen molar-refractivity contribution in [2.24, 2.45) is 5.84 Å². The molecular formula is C15H17FN2O2S. The van der Waals surface area contributed by atoms with Crippen molar-refractivity contribution in [2.75, 3.05) is 6.26 Å². The molecule has 2 aromatic carbocycles. The van der Waals surface area contributed by atoms with Gasteiger partial charge in [0.15, 0.2) is 9.84 Å². The zero-order valence-electron chi connectivity index (χ0n) is 11.8. The van der Waals surface area contributed by atoms with Gasteiger partial charge in [0.25, 0.3) is 0 Å². The van der Waals surface area contributed by atoms with E-state index in [0.29, 0.717) is 5.56 Å². The Bertz CT molecular complexity index is 743. The van der Waals surface area contributed by atoms with Gasteiger partial charge in [-0.25, -0.2) is 18.2 Å². The molecule has 0 radical (unpaired) electrons. The monoisotopic (exact) mass is 308 g/mol. The van der Waals surface area contributed by atoms with E-state index in [9.17, 15) is 12.8 Å². The number of nitrogens with one attached hydrogen (secondary N) is 1. The van der Waals surface area contributed by atoms with Crippen molar-refractivity contribution >= 4 is 9.84 Å². The molecule has 0 saturated carbocycles. The predicted molar refractivity (Wildman–Crippen MR) is 79.9 cm³/mol.